The Hall–Kier alpha value is -1.69. The van der Waals surface area contributed by atoms with Crippen LogP contribution < -0.4 is 10.6 Å². The van der Waals surface area contributed by atoms with Gasteiger partial charge in [-0.15, -0.1) is 0 Å². The molecule has 4 nitrogen and oxygen atoms in total. The molecule has 3 N–H and O–H groups in total. The molecule has 1 aromatic rings. The van der Waals surface area contributed by atoms with Gasteiger partial charge < -0.3 is 15.7 Å². The number of rotatable bonds is 5. The number of hydrogen-bond donors (Lipinski definition) is 3. The standard InChI is InChI=1S/C19H29F2N3O/c1-4-22-18(23-12-19(3)10-6-5-7-17(19)25)24-13(2)14-8-9-15(20)16(21)11-14/h8-9,11,13,17,25H,4-7,10,12H2,1-3H3,(H2,22,23,24). The van der Waals surface area contributed by atoms with Crippen LogP contribution in [-0.4, -0.2) is 30.3 Å². The number of nitrogens with one attached hydrogen (secondary N) is 2. The molecule has 1 aromatic carbocycles. The van der Waals surface area contributed by atoms with Crippen LogP contribution in [0.3, 0.4) is 0 Å². The van der Waals surface area contributed by atoms with Gasteiger partial charge in [0.15, 0.2) is 17.6 Å². The van der Waals surface area contributed by atoms with Crippen molar-refractivity contribution >= 4 is 5.96 Å². The highest BCUT2D eigenvalue weighted by molar-refractivity contribution is 5.80. The zero-order valence-electron chi connectivity index (χ0n) is 15.3. The van der Waals surface area contributed by atoms with Gasteiger partial charge in [-0.1, -0.05) is 25.8 Å². The lowest BCUT2D eigenvalue weighted by molar-refractivity contribution is 0.00715. The van der Waals surface area contributed by atoms with E-state index in [0.29, 0.717) is 24.6 Å². The summed E-state index contributed by atoms with van der Waals surface area (Å²) in [6.45, 7) is 7.12. The molecule has 3 atom stereocenters. The molecule has 1 aliphatic rings. The predicted octanol–water partition coefficient (Wildman–Crippen LogP) is 3.52. The number of aliphatic hydroxyl groups excluding tert-OH is 1. The van der Waals surface area contributed by atoms with Crippen LogP contribution in [0.4, 0.5) is 8.78 Å². The van der Waals surface area contributed by atoms with Crippen molar-refractivity contribution in [1.29, 1.82) is 0 Å². The SMILES string of the molecule is CCNC(=NCC1(C)CCCCC1O)NC(C)c1ccc(F)c(F)c1. The van der Waals surface area contributed by atoms with E-state index in [9.17, 15) is 13.9 Å². The van der Waals surface area contributed by atoms with E-state index in [2.05, 4.69) is 22.5 Å². The van der Waals surface area contributed by atoms with E-state index < -0.39 is 11.6 Å². The molecule has 140 valence electrons. The van der Waals surface area contributed by atoms with Gasteiger partial charge in [0.1, 0.15) is 0 Å². The number of aliphatic hydroxyl groups is 1. The quantitative estimate of drug-likeness (QED) is 0.561. The number of nitrogens with zero attached hydrogens (tertiary/aromatic N) is 1. The fourth-order valence-corrected chi connectivity index (χ4v) is 3.22. The van der Waals surface area contributed by atoms with Crippen LogP contribution in [0.1, 0.15) is 58.1 Å². The minimum atomic E-state index is -0.856. The lowest BCUT2D eigenvalue weighted by Crippen LogP contribution is -2.42. The predicted molar refractivity (Wildman–Crippen MR) is 96.5 cm³/mol. The van der Waals surface area contributed by atoms with Crippen LogP contribution in [0.2, 0.25) is 0 Å². The molecular weight excluding hydrogens is 324 g/mol. The van der Waals surface area contributed by atoms with E-state index >= 15 is 0 Å². The second-order valence-corrected chi connectivity index (χ2v) is 7.15. The molecule has 0 aromatic heterocycles. The maximum atomic E-state index is 13.4. The van der Waals surface area contributed by atoms with Crippen molar-refractivity contribution in [3.05, 3.63) is 35.4 Å². The first-order valence-corrected chi connectivity index (χ1v) is 9.03. The van der Waals surface area contributed by atoms with Gasteiger partial charge in [-0.3, -0.25) is 4.99 Å². The molecule has 0 amide bonds. The van der Waals surface area contributed by atoms with Gasteiger partial charge in [0.25, 0.3) is 0 Å². The summed E-state index contributed by atoms with van der Waals surface area (Å²) < 4.78 is 26.5. The molecule has 0 spiro atoms. The number of halogens is 2. The third kappa shape index (κ3) is 5.14. The van der Waals surface area contributed by atoms with Gasteiger partial charge in [-0.05, 0) is 44.4 Å². The first-order chi connectivity index (χ1) is 11.9. The Bertz CT molecular complexity index is 608. The second-order valence-electron chi connectivity index (χ2n) is 7.15. The molecule has 0 radical (unpaired) electrons. The largest absolute Gasteiger partial charge is 0.392 e. The van der Waals surface area contributed by atoms with Gasteiger partial charge >= 0.3 is 0 Å². The average molecular weight is 353 g/mol. The average Bonchev–Trinajstić information content (AvgIpc) is 2.58. The van der Waals surface area contributed by atoms with Crippen molar-refractivity contribution in [2.75, 3.05) is 13.1 Å². The van der Waals surface area contributed by atoms with E-state index in [-0.39, 0.29) is 17.6 Å². The zero-order valence-corrected chi connectivity index (χ0v) is 15.3. The van der Waals surface area contributed by atoms with E-state index in [0.717, 1.165) is 31.7 Å². The third-order valence-corrected chi connectivity index (χ3v) is 5.02. The van der Waals surface area contributed by atoms with Crippen LogP contribution in [0.5, 0.6) is 0 Å². The van der Waals surface area contributed by atoms with E-state index in [4.69, 9.17) is 0 Å². The molecule has 1 saturated carbocycles. The Balaban J connectivity index is 2.07. The second kappa shape index (κ2) is 8.61. The molecule has 6 heteroatoms. The molecule has 0 aliphatic heterocycles. The summed E-state index contributed by atoms with van der Waals surface area (Å²) in [5.74, 6) is -1.10. The molecule has 2 rings (SSSR count). The molecule has 0 heterocycles. The van der Waals surface area contributed by atoms with Crippen molar-refractivity contribution in [3.8, 4) is 0 Å². The van der Waals surface area contributed by atoms with E-state index in [1.165, 1.54) is 6.07 Å². The Kier molecular flexibility index (Phi) is 6.76. The van der Waals surface area contributed by atoms with Crippen LogP contribution in [-0.2, 0) is 0 Å². The summed E-state index contributed by atoms with van der Waals surface area (Å²) in [6, 6.07) is 3.66. The summed E-state index contributed by atoms with van der Waals surface area (Å²) in [5.41, 5.74) is 0.430. The molecule has 0 saturated heterocycles. The van der Waals surface area contributed by atoms with Gasteiger partial charge in [0, 0.05) is 12.0 Å². The van der Waals surface area contributed by atoms with Gasteiger partial charge in [0.2, 0.25) is 0 Å². The number of hydrogen-bond acceptors (Lipinski definition) is 2. The summed E-state index contributed by atoms with van der Waals surface area (Å²) in [5, 5.41) is 16.7. The lowest BCUT2D eigenvalue weighted by Gasteiger charge is -2.37. The van der Waals surface area contributed by atoms with Crippen LogP contribution in [0, 0.1) is 17.0 Å². The van der Waals surface area contributed by atoms with Crippen molar-refractivity contribution in [2.45, 2.75) is 58.6 Å². The fourth-order valence-electron chi connectivity index (χ4n) is 3.22. The highest BCUT2D eigenvalue weighted by Crippen LogP contribution is 2.36. The Morgan fingerprint density at radius 1 is 1.36 bits per heavy atom. The first kappa shape index (κ1) is 19.6. The highest BCUT2D eigenvalue weighted by atomic mass is 19.2. The third-order valence-electron chi connectivity index (χ3n) is 5.02. The minimum absolute atomic E-state index is 0.216. The van der Waals surface area contributed by atoms with Crippen molar-refractivity contribution in [3.63, 3.8) is 0 Å². The van der Waals surface area contributed by atoms with Gasteiger partial charge in [0.05, 0.1) is 18.7 Å². The highest BCUT2D eigenvalue weighted by Gasteiger charge is 2.35. The van der Waals surface area contributed by atoms with Gasteiger partial charge in [-0.25, -0.2) is 8.78 Å². The maximum Gasteiger partial charge on any atom is 0.191 e. The minimum Gasteiger partial charge on any atom is -0.392 e. The Labute approximate surface area is 148 Å². The number of aliphatic imine (C=N–C) groups is 1. The van der Waals surface area contributed by atoms with Crippen molar-refractivity contribution in [2.24, 2.45) is 10.4 Å². The van der Waals surface area contributed by atoms with Crippen LogP contribution >= 0.6 is 0 Å². The smallest absolute Gasteiger partial charge is 0.191 e. The maximum absolute atomic E-state index is 13.4. The van der Waals surface area contributed by atoms with Crippen LogP contribution in [0.15, 0.2) is 23.2 Å². The molecule has 3 unspecified atom stereocenters. The first-order valence-electron chi connectivity index (χ1n) is 9.03. The number of benzene rings is 1. The van der Waals surface area contributed by atoms with E-state index in [1.807, 2.05) is 13.8 Å². The fraction of sp³-hybridized carbons (Fsp3) is 0.632. The molecular formula is C19H29F2N3O. The van der Waals surface area contributed by atoms with Crippen molar-refractivity contribution in [1.82, 2.24) is 10.6 Å². The monoisotopic (exact) mass is 353 g/mol. The molecule has 1 fully saturated rings. The summed E-state index contributed by atoms with van der Waals surface area (Å²) in [6.07, 6.45) is 3.61. The normalized spacial score (nSPS) is 25.5. The summed E-state index contributed by atoms with van der Waals surface area (Å²) in [4.78, 5) is 4.63. The Morgan fingerprint density at radius 3 is 2.76 bits per heavy atom. The lowest BCUT2D eigenvalue weighted by atomic mass is 9.73. The van der Waals surface area contributed by atoms with E-state index in [1.54, 1.807) is 6.07 Å². The number of guanidine groups is 1. The molecule has 0 bridgehead atoms. The summed E-state index contributed by atoms with van der Waals surface area (Å²) in [7, 11) is 0. The topological polar surface area (TPSA) is 56.7 Å². The van der Waals surface area contributed by atoms with Crippen LogP contribution in [0.25, 0.3) is 0 Å². The van der Waals surface area contributed by atoms with Crippen molar-refractivity contribution < 1.29 is 13.9 Å². The molecule has 1 aliphatic carbocycles. The Morgan fingerprint density at radius 2 is 2.12 bits per heavy atom. The molecule has 25 heavy (non-hydrogen) atoms. The zero-order chi connectivity index (χ0) is 18.4. The van der Waals surface area contributed by atoms with Gasteiger partial charge in [-0.2, -0.15) is 0 Å². The summed E-state index contributed by atoms with van der Waals surface area (Å²) >= 11 is 0.